The van der Waals surface area contributed by atoms with Gasteiger partial charge in [0.1, 0.15) is 5.75 Å². The highest BCUT2D eigenvalue weighted by Crippen LogP contribution is 2.24. The zero-order valence-corrected chi connectivity index (χ0v) is 9.13. The van der Waals surface area contributed by atoms with E-state index in [1.54, 1.807) is 18.2 Å². The number of rotatable bonds is 2. The molecule has 0 saturated carbocycles. The van der Waals surface area contributed by atoms with Crippen LogP contribution in [0.25, 0.3) is 0 Å². The van der Waals surface area contributed by atoms with E-state index in [1.807, 2.05) is 13.8 Å². The van der Waals surface area contributed by atoms with Gasteiger partial charge in [-0.2, -0.15) is 0 Å². The molecule has 3 nitrogen and oxygen atoms in total. The molecule has 0 aliphatic carbocycles. The summed E-state index contributed by atoms with van der Waals surface area (Å²) in [5.41, 5.74) is 6.57. The van der Waals surface area contributed by atoms with Crippen LogP contribution in [0, 0.1) is 0 Å². The van der Waals surface area contributed by atoms with E-state index in [4.69, 9.17) is 10.5 Å². The number of carbonyl (C=O) groups is 1. The summed E-state index contributed by atoms with van der Waals surface area (Å²) in [5.74, 6) is 0.495. The first-order valence-electron chi connectivity index (χ1n) is 4.60. The largest absolute Gasteiger partial charge is 0.495 e. The number of ether oxygens (including phenoxy) is 1. The molecule has 0 unspecified atom stereocenters. The van der Waals surface area contributed by atoms with Crippen LogP contribution in [0.5, 0.6) is 5.75 Å². The average Bonchev–Trinajstić information content (AvgIpc) is 2.21. The molecule has 0 fully saturated rings. The maximum atomic E-state index is 11.0. The van der Waals surface area contributed by atoms with Crippen LogP contribution in [-0.2, 0) is 0 Å². The maximum absolute atomic E-state index is 11.0. The topological polar surface area (TPSA) is 52.3 Å². The molecule has 0 saturated heterocycles. The zero-order valence-electron chi connectivity index (χ0n) is 9.13. The molecule has 1 rings (SSSR count). The fourth-order valence-electron chi connectivity index (χ4n) is 1.03. The lowest BCUT2D eigenvalue weighted by Crippen LogP contribution is -2.01. The minimum atomic E-state index is -0.0496. The van der Waals surface area contributed by atoms with Gasteiger partial charge in [-0.25, -0.2) is 0 Å². The molecule has 0 radical (unpaired) electrons. The Kier molecular flexibility index (Phi) is 5.37. The second-order valence-corrected chi connectivity index (χ2v) is 2.48. The van der Waals surface area contributed by atoms with E-state index in [9.17, 15) is 4.79 Å². The van der Waals surface area contributed by atoms with Gasteiger partial charge in [-0.05, 0) is 19.1 Å². The van der Waals surface area contributed by atoms with Crippen LogP contribution in [0.15, 0.2) is 18.2 Å². The number of nitrogens with two attached hydrogens (primary N) is 1. The van der Waals surface area contributed by atoms with Crippen molar-refractivity contribution in [2.45, 2.75) is 20.8 Å². The van der Waals surface area contributed by atoms with Crippen molar-refractivity contribution in [3.05, 3.63) is 23.8 Å². The van der Waals surface area contributed by atoms with Crippen molar-refractivity contribution in [3.63, 3.8) is 0 Å². The van der Waals surface area contributed by atoms with E-state index < -0.39 is 0 Å². The lowest BCUT2D eigenvalue weighted by Gasteiger charge is -2.06. The van der Waals surface area contributed by atoms with E-state index in [2.05, 4.69) is 0 Å². The Balaban J connectivity index is 0.000000791. The Morgan fingerprint density at radius 1 is 1.36 bits per heavy atom. The second-order valence-electron chi connectivity index (χ2n) is 2.48. The summed E-state index contributed by atoms with van der Waals surface area (Å²) in [6.45, 7) is 5.48. The van der Waals surface area contributed by atoms with Gasteiger partial charge < -0.3 is 10.5 Å². The van der Waals surface area contributed by atoms with Crippen LogP contribution >= 0.6 is 0 Å². The van der Waals surface area contributed by atoms with Gasteiger partial charge in [-0.15, -0.1) is 0 Å². The summed E-state index contributed by atoms with van der Waals surface area (Å²) >= 11 is 0. The van der Waals surface area contributed by atoms with Gasteiger partial charge in [0, 0.05) is 5.56 Å². The normalized spacial score (nSPS) is 8.57. The first-order chi connectivity index (χ1) is 6.66. The zero-order chi connectivity index (χ0) is 11.1. The third-order valence-corrected chi connectivity index (χ3v) is 1.67. The Morgan fingerprint density at radius 3 is 2.36 bits per heavy atom. The number of methoxy groups -OCH3 is 1. The minimum Gasteiger partial charge on any atom is -0.495 e. The molecule has 0 bridgehead atoms. The van der Waals surface area contributed by atoms with Crippen molar-refractivity contribution in [2.75, 3.05) is 12.8 Å². The fourth-order valence-corrected chi connectivity index (χ4v) is 1.03. The van der Waals surface area contributed by atoms with Gasteiger partial charge in [0.2, 0.25) is 0 Å². The Morgan fingerprint density at radius 2 is 1.93 bits per heavy atom. The van der Waals surface area contributed by atoms with E-state index in [0.29, 0.717) is 17.0 Å². The first-order valence-corrected chi connectivity index (χ1v) is 4.60. The SMILES string of the molecule is CC.COc1cccc(C(C)=O)c1N. The molecular formula is C11H17NO2. The number of benzene rings is 1. The van der Waals surface area contributed by atoms with Gasteiger partial charge in [-0.3, -0.25) is 4.79 Å². The molecular weight excluding hydrogens is 178 g/mol. The van der Waals surface area contributed by atoms with Crippen molar-refractivity contribution >= 4 is 11.5 Å². The highest BCUT2D eigenvalue weighted by Gasteiger charge is 2.07. The lowest BCUT2D eigenvalue weighted by molar-refractivity contribution is 0.101. The number of hydrogen-bond donors (Lipinski definition) is 1. The van der Waals surface area contributed by atoms with Gasteiger partial charge >= 0.3 is 0 Å². The molecule has 0 aliphatic rings. The van der Waals surface area contributed by atoms with Crippen LogP contribution in [0.1, 0.15) is 31.1 Å². The van der Waals surface area contributed by atoms with Gasteiger partial charge in [0.25, 0.3) is 0 Å². The van der Waals surface area contributed by atoms with Crippen molar-refractivity contribution in [1.29, 1.82) is 0 Å². The summed E-state index contributed by atoms with van der Waals surface area (Å²) in [6, 6.07) is 5.15. The number of carbonyl (C=O) groups excluding carboxylic acids is 1. The van der Waals surface area contributed by atoms with E-state index in [-0.39, 0.29) is 5.78 Å². The Bertz CT molecular complexity index is 308. The third kappa shape index (κ3) is 2.76. The van der Waals surface area contributed by atoms with Crippen LogP contribution in [0.3, 0.4) is 0 Å². The van der Waals surface area contributed by atoms with Crippen LogP contribution < -0.4 is 10.5 Å². The van der Waals surface area contributed by atoms with Crippen LogP contribution in [0.4, 0.5) is 5.69 Å². The molecule has 0 heterocycles. The fraction of sp³-hybridized carbons (Fsp3) is 0.364. The number of hydrogen-bond acceptors (Lipinski definition) is 3. The number of ketones is 1. The summed E-state index contributed by atoms with van der Waals surface area (Å²) in [5, 5.41) is 0. The van der Waals surface area contributed by atoms with Crippen molar-refractivity contribution in [3.8, 4) is 5.75 Å². The monoisotopic (exact) mass is 195 g/mol. The molecule has 0 aromatic heterocycles. The first kappa shape index (κ1) is 12.5. The molecule has 14 heavy (non-hydrogen) atoms. The molecule has 2 N–H and O–H groups in total. The smallest absolute Gasteiger partial charge is 0.162 e. The van der Waals surface area contributed by atoms with Gasteiger partial charge in [0.05, 0.1) is 12.8 Å². The molecule has 0 atom stereocenters. The van der Waals surface area contributed by atoms with Crippen LogP contribution in [0.2, 0.25) is 0 Å². The van der Waals surface area contributed by atoms with E-state index in [0.717, 1.165) is 0 Å². The predicted molar refractivity (Wildman–Crippen MR) is 58.8 cm³/mol. The van der Waals surface area contributed by atoms with Gasteiger partial charge in [-0.1, -0.05) is 19.9 Å². The molecule has 1 aromatic carbocycles. The molecule has 0 aliphatic heterocycles. The van der Waals surface area contributed by atoms with Crippen molar-refractivity contribution < 1.29 is 9.53 Å². The van der Waals surface area contributed by atoms with E-state index >= 15 is 0 Å². The summed E-state index contributed by atoms with van der Waals surface area (Å²) in [4.78, 5) is 11.0. The molecule has 3 heteroatoms. The quantitative estimate of drug-likeness (QED) is 0.582. The average molecular weight is 195 g/mol. The molecule has 78 valence electrons. The number of anilines is 1. The molecule has 0 spiro atoms. The number of para-hydroxylation sites is 1. The highest BCUT2D eigenvalue weighted by atomic mass is 16.5. The Labute approximate surface area is 84.9 Å². The number of Topliss-reactive ketones (excluding diaryl/α,β-unsaturated/α-hetero) is 1. The van der Waals surface area contributed by atoms with Crippen molar-refractivity contribution in [1.82, 2.24) is 0 Å². The predicted octanol–water partition coefficient (Wildman–Crippen LogP) is 2.51. The van der Waals surface area contributed by atoms with Crippen molar-refractivity contribution in [2.24, 2.45) is 0 Å². The Hall–Kier alpha value is -1.51. The molecule has 1 aromatic rings. The second kappa shape index (κ2) is 6.02. The maximum Gasteiger partial charge on any atom is 0.162 e. The van der Waals surface area contributed by atoms with Crippen LogP contribution in [-0.4, -0.2) is 12.9 Å². The summed E-state index contributed by atoms with van der Waals surface area (Å²) in [7, 11) is 1.52. The standard InChI is InChI=1S/C9H11NO2.C2H6/c1-6(11)7-4-3-5-8(12-2)9(7)10;1-2/h3-5H,10H2,1-2H3;1-2H3. The third-order valence-electron chi connectivity index (χ3n) is 1.67. The number of nitrogen functional groups attached to an aromatic ring is 1. The van der Waals surface area contributed by atoms with Gasteiger partial charge in [0.15, 0.2) is 5.78 Å². The summed E-state index contributed by atoms with van der Waals surface area (Å²) in [6.07, 6.45) is 0. The summed E-state index contributed by atoms with van der Waals surface area (Å²) < 4.78 is 4.96. The lowest BCUT2D eigenvalue weighted by atomic mass is 10.1. The molecule has 0 amide bonds. The minimum absolute atomic E-state index is 0.0496. The van der Waals surface area contributed by atoms with E-state index in [1.165, 1.54) is 14.0 Å². The highest BCUT2D eigenvalue weighted by molar-refractivity contribution is 6.00.